The Balaban J connectivity index is 1.67. The summed E-state index contributed by atoms with van der Waals surface area (Å²) < 4.78 is 21.3. The lowest BCUT2D eigenvalue weighted by molar-refractivity contribution is -0.134. The molecule has 1 aliphatic rings. The minimum absolute atomic E-state index is 0.00578. The Morgan fingerprint density at radius 1 is 1.54 bits per heavy atom. The molecular weight excluding hydrogens is 335 g/mol. The van der Waals surface area contributed by atoms with E-state index in [1.165, 1.54) is 12.1 Å². The van der Waals surface area contributed by atoms with Gasteiger partial charge in [0.05, 0.1) is 23.8 Å². The number of rotatable bonds is 5. The quantitative estimate of drug-likeness (QED) is 0.893. The van der Waals surface area contributed by atoms with Crippen LogP contribution in [0.5, 0.6) is 0 Å². The van der Waals surface area contributed by atoms with Gasteiger partial charge in [-0.2, -0.15) is 10.4 Å². The molecule has 6 nitrogen and oxygen atoms in total. The van der Waals surface area contributed by atoms with E-state index in [0.29, 0.717) is 12.2 Å². The third kappa shape index (κ3) is 3.92. The zero-order valence-corrected chi connectivity index (χ0v) is 14.6. The van der Waals surface area contributed by atoms with Crippen LogP contribution in [0.15, 0.2) is 30.6 Å². The molecule has 136 valence electrons. The van der Waals surface area contributed by atoms with E-state index < -0.39 is 5.82 Å². The third-order valence-corrected chi connectivity index (χ3v) is 4.59. The summed E-state index contributed by atoms with van der Waals surface area (Å²) in [6.45, 7) is 3.58. The number of carbonyl (C=O) groups excluding carboxylic acids is 1. The molecule has 1 aliphatic heterocycles. The van der Waals surface area contributed by atoms with Crippen molar-refractivity contribution in [1.82, 2.24) is 15.1 Å². The first kappa shape index (κ1) is 18.1. The van der Waals surface area contributed by atoms with Crippen LogP contribution in [0.2, 0.25) is 0 Å². The normalized spacial score (nSPS) is 19.7. The Morgan fingerprint density at radius 3 is 3.08 bits per heavy atom. The van der Waals surface area contributed by atoms with E-state index in [2.05, 4.69) is 10.4 Å². The summed E-state index contributed by atoms with van der Waals surface area (Å²) in [5.74, 6) is -1.00. The van der Waals surface area contributed by atoms with Gasteiger partial charge in [-0.15, -0.1) is 0 Å². The molecule has 3 rings (SSSR count). The zero-order valence-electron chi connectivity index (χ0n) is 14.6. The van der Waals surface area contributed by atoms with Gasteiger partial charge < -0.3 is 10.1 Å². The molecule has 0 aliphatic carbocycles. The SMILES string of the molecule is CCn1cc([C@@H]2OCCC[C@H]2C(=O)NCc2ccc(C#N)c(F)c2)cn1. The summed E-state index contributed by atoms with van der Waals surface area (Å²) in [6, 6.07) is 6.12. The first-order chi connectivity index (χ1) is 12.6. The topological polar surface area (TPSA) is 79.9 Å². The molecule has 26 heavy (non-hydrogen) atoms. The standard InChI is InChI=1S/C19H21FN4O2/c1-2-24-12-15(11-23-24)18-16(4-3-7-26-18)19(25)22-10-13-5-6-14(9-21)17(20)8-13/h5-6,8,11-12,16,18H,2-4,7,10H2,1H3,(H,22,25)/t16-,18+/m1/s1. The van der Waals surface area contributed by atoms with Gasteiger partial charge in [-0.1, -0.05) is 6.07 Å². The van der Waals surface area contributed by atoms with Crippen molar-refractivity contribution in [3.63, 3.8) is 0 Å². The highest BCUT2D eigenvalue weighted by molar-refractivity contribution is 5.79. The lowest BCUT2D eigenvalue weighted by Gasteiger charge is -2.30. The summed E-state index contributed by atoms with van der Waals surface area (Å²) in [5, 5.41) is 15.9. The van der Waals surface area contributed by atoms with Gasteiger partial charge in [0.2, 0.25) is 5.91 Å². The number of carbonyl (C=O) groups is 1. The van der Waals surface area contributed by atoms with E-state index in [1.54, 1.807) is 18.3 Å². The summed E-state index contributed by atoms with van der Waals surface area (Å²) >= 11 is 0. The number of benzene rings is 1. The Labute approximate surface area is 151 Å². The average Bonchev–Trinajstić information content (AvgIpc) is 3.15. The van der Waals surface area contributed by atoms with Crippen molar-refractivity contribution < 1.29 is 13.9 Å². The molecule has 0 bridgehead atoms. The lowest BCUT2D eigenvalue weighted by atomic mass is 9.90. The molecule has 1 saturated heterocycles. The molecule has 1 amide bonds. The second-order valence-corrected chi connectivity index (χ2v) is 6.31. The van der Waals surface area contributed by atoms with Crippen molar-refractivity contribution in [3.8, 4) is 6.07 Å². The highest BCUT2D eigenvalue weighted by Gasteiger charge is 2.33. The minimum Gasteiger partial charge on any atom is -0.373 e. The van der Waals surface area contributed by atoms with Gasteiger partial charge in [0.1, 0.15) is 11.9 Å². The summed E-state index contributed by atoms with van der Waals surface area (Å²) in [6.07, 6.45) is 4.89. The second-order valence-electron chi connectivity index (χ2n) is 6.31. The van der Waals surface area contributed by atoms with Crippen LogP contribution in [0.25, 0.3) is 0 Å². The highest BCUT2D eigenvalue weighted by atomic mass is 19.1. The summed E-state index contributed by atoms with van der Waals surface area (Å²) in [4.78, 5) is 12.7. The zero-order chi connectivity index (χ0) is 18.5. The first-order valence-electron chi connectivity index (χ1n) is 8.72. The molecule has 0 radical (unpaired) electrons. The number of amides is 1. The molecule has 2 atom stereocenters. The van der Waals surface area contributed by atoms with Crippen LogP contribution in [0.1, 0.15) is 42.6 Å². The van der Waals surface area contributed by atoms with Crippen LogP contribution < -0.4 is 5.32 Å². The Bertz CT molecular complexity index is 827. The van der Waals surface area contributed by atoms with Crippen LogP contribution in [-0.4, -0.2) is 22.3 Å². The Hall–Kier alpha value is -2.72. The fourth-order valence-electron chi connectivity index (χ4n) is 3.16. The minimum atomic E-state index is -0.579. The second kappa shape index (κ2) is 8.11. The molecule has 1 aromatic carbocycles. The lowest BCUT2D eigenvalue weighted by Crippen LogP contribution is -2.37. The van der Waals surface area contributed by atoms with Gasteiger partial charge in [-0.3, -0.25) is 9.48 Å². The monoisotopic (exact) mass is 356 g/mol. The number of hydrogen-bond donors (Lipinski definition) is 1. The molecule has 2 heterocycles. The number of nitrogens with zero attached hydrogens (tertiary/aromatic N) is 3. The maximum atomic E-state index is 13.7. The van der Waals surface area contributed by atoms with E-state index in [9.17, 15) is 9.18 Å². The molecule has 1 fully saturated rings. The van der Waals surface area contributed by atoms with Crippen LogP contribution in [0.3, 0.4) is 0 Å². The van der Waals surface area contributed by atoms with E-state index in [0.717, 1.165) is 24.9 Å². The van der Waals surface area contributed by atoms with Crippen LogP contribution in [0.4, 0.5) is 4.39 Å². The van der Waals surface area contributed by atoms with Crippen molar-refractivity contribution in [2.24, 2.45) is 5.92 Å². The van der Waals surface area contributed by atoms with E-state index in [-0.39, 0.29) is 30.0 Å². The van der Waals surface area contributed by atoms with Crippen molar-refractivity contribution in [3.05, 3.63) is 53.1 Å². The maximum Gasteiger partial charge on any atom is 0.226 e. The van der Waals surface area contributed by atoms with Gasteiger partial charge in [-0.05, 0) is 37.5 Å². The van der Waals surface area contributed by atoms with Crippen molar-refractivity contribution in [2.45, 2.75) is 39.0 Å². The Kier molecular flexibility index (Phi) is 5.64. The third-order valence-electron chi connectivity index (χ3n) is 4.59. The number of nitriles is 1. The van der Waals surface area contributed by atoms with E-state index >= 15 is 0 Å². The molecular formula is C19H21FN4O2. The fraction of sp³-hybridized carbons (Fsp3) is 0.421. The number of ether oxygens (including phenoxy) is 1. The largest absolute Gasteiger partial charge is 0.373 e. The van der Waals surface area contributed by atoms with Crippen LogP contribution in [0, 0.1) is 23.1 Å². The predicted molar refractivity (Wildman–Crippen MR) is 92.3 cm³/mol. The van der Waals surface area contributed by atoms with Gasteiger partial charge in [0, 0.05) is 31.5 Å². The number of hydrogen-bond acceptors (Lipinski definition) is 4. The number of nitrogens with one attached hydrogen (secondary N) is 1. The highest BCUT2D eigenvalue weighted by Crippen LogP contribution is 2.33. The first-order valence-corrected chi connectivity index (χ1v) is 8.72. The number of halogens is 1. The fourth-order valence-corrected chi connectivity index (χ4v) is 3.16. The van der Waals surface area contributed by atoms with Gasteiger partial charge in [0.15, 0.2) is 0 Å². The van der Waals surface area contributed by atoms with Crippen molar-refractivity contribution in [2.75, 3.05) is 6.61 Å². The predicted octanol–water partition coefficient (Wildman–Crippen LogP) is 2.70. The number of aromatic nitrogens is 2. The maximum absolute atomic E-state index is 13.7. The average molecular weight is 356 g/mol. The van der Waals surface area contributed by atoms with Gasteiger partial charge >= 0.3 is 0 Å². The van der Waals surface area contributed by atoms with Crippen LogP contribution in [-0.2, 0) is 22.6 Å². The molecule has 0 spiro atoms. The van der Waals surface area contributed by atoms with Crippen molar-refractivity contribution in [1.29, 1.82) is 5.26 Å². The Morgan fingerprint density at radius 2 is 2.38 bits per heavy atom. The summed E-state index contributed by atoms with van der Waals surface area (Å²) in [5.41, 5.74) is 1.51. The molecule has 1 N–H and O–H groups in total. The van der Waals surface area contributed by atoms with Gasteiger partial charge in [-0.25, -0.2) is 4.39 Å². The smallest absolute Gasteiger partial charge is 0.226 e. The molecule has 0 saturated carbocycles. The molecule has 0 unspecified atom stereocenters. The molecule has 7 heteroatoms. The van der Waals surface area contributed by atoms with Crippen LogP contribution >= 0.6 is 0 Å². The molecule has 2 aromatic rings. The van der Waals surface area contributed by atoms with E-state index in [4.69, 9.17) is 10.00 Å². The number of aryl methyl sites for hydroxylation is 1. The van der Waals surface area contributed by atoms with Gasteiger partial charge in [0.25, 0.3) is 0 Å². The molecule has 1 aromatic heterocycles. The van der Waals surface area contributed by atoms with Crippen molar-refractivity contribution >= 4 is 5.91 Å². The van der Waals surface area contributed by atoms with E-state index in [1.807, 2.05) is 17.8 Å². The summed E-state index contributed by atoms with van der Waals surface area (Å²) in [7, 11) is 0.